The van der Waals surface area contributed by atoms with Crippen LogP contribution in [-0.4, -0.2) is 18.2 Å². The number of hydrogen-bond acceptors (Lipinski definition) is 3. The molecule has 4 heteroatoms. The van der Waals surface area contributed by atoms with E-state index in [0.717, 1.165) is 16.5 Å². The SMILES string of the molecule is CC(C)(C)OC(=O)c1ccc(Br)c2c1OCC2. The Balaban J connectivity index is 2.34. The van der Waals surface area contributed by atoms with Crippen LogP contribution in [0.3, 0.4) is 0 Å². The van der Waals surface area contributed by atoms with Gasteiger partial charge in [-0.2, -0.15) is 0 Å². The van der Waals surface area contributed by atoms with Gasteiger partial charge in [-0.1, -0.05) is 15.9 Å². The van der Waals surface area contributed by atoms with E-state index in [1.54, 1.807) is 6.07 Å². The first kappa shape index (κ1) is 12.4. The van der Waals surface area contributed by atoms with E-state index < -0.39 is 5.60 Å². The Morgan fingerprint density at radius 1 is 1.41 bits per heavy atom. The Morgan fingerprint density at radius 2 is 2.12 bits per heavy atom. The predicted molar refractivity (Wildman–Crippen MR) is 68.5 cm³/mol. The van der Waals surface area contributed by atoms with Gasteiger partial charge < -0.3 is 9.47 Å². The van der Waals surface area contributed by atoms with Gasteiger partial charge in [0.2, 0.25) is 0 Å². The second kappa shape index (κ2) is 4.33. The minimum Gasteiger partial charge on any atom is -0.492 e. The molecule has 1 aliphatic heterocycles. The third kappa shape index (κ3) is 2.63. The number of ether oxygens (including phenoxy) is 2. The Kier molecular flexibility index (Phi) is 3.17. The first-order valence-electron chi connectivity index (χ1n) is 5.56. The van der Waals surface area contributed by atoms with Crippen LogP contribution in [0.2, 0.25) is 0 Å². The number of carbonyl (C=O) groups excluding carboxylic acids is 1. The molecule has 0 aliphatic carbocycles. The van der Waals surface area contributed by atoms with Crippen molar-refractivity contribution in [2.24, 2.45) is 0 Å². The lowest BCUT2D eigenvalue weighted by Gasteiger charge is -2.20. The van der Waals surface area contributed by atoms with Crippen molar-refractivity contribution in [1.29, 1.82) is 0 Å². The minimum absolute atomic E-state index is 0.330. The molecule has 0 amide bonds. The van der Waals surface area contributed by atoms with Crippen LogP contribution in [0.15, 0.2) is 16.6 Å². The molecule has 1 heterocycles. The summed E-state index contributed by atoms with van der Waals surface area (Å²) < 4.78 is 11.9. The van der Waals surface area contributed by atoms with Gasteiger partial charge in [-0.3, -0.25) is 0 Å². The molecule has 0 unspecified atom stereocenters. The molecule has 1 aromatic rings. The molecule has 0 spiro atoms. The summed E-state index contributed by atoms with van der Waals surface area (Å²) in [5, 5.41) is 0. The highest BCUT2D eigenvalue weighted by atomic mass is 79.9. The van der Waals surface area contributed by atoms with E-state index in [4.69, 9.17) is 9.47 Å². The summed E-state index contributed by atoms with van der Waals surface area (Å²) in [6, 6.07) is 3.61. The van der Waals surface area contributed by atoms with Crippen LogP contribution in [0.5, 0.6) is 5.75 Å². The third-order valence-electron chi connectivity index (χ3n) is 2.42. The summed E-state index contributed by atoms with van der Waals surface area (Å²) in [5.74, 6) is 0.330. The molecule has 92 valence electrons. The maximum Gasteiger partial charge on any atom is 0.342 e. The summed E-state index contributed by atoms with van der Waals surface area (Å²) in [5.41, 5.74) is 1.07. The average Bonchev–Trinajstić information content (AvgIpc) is 2.64. The summed E-state index contributed by atoms with van der Waals surface area (Å²) in [6.45, 7) is 6.17. The summed E-state index contributed by atoms with van der Waals surface area (Å²) in [7, 11) is 0. The van der Waals surface area contributed by atoms with Crippen LogP contribution in [-0.2, 0) is 11.2 Å². The Hall–Kier alpha value is -1.03. The second-order valence-corrected chi connectivity index (χ2v) is 5.86. The fraction of sp³-hybridized carbons (Fsp3) is 0.462. The van der Waals surface area contributed by atoms with Crippen molar-refractivity contribution in [3.8, 4) is 5.75 Å². The van der Waals surface area contributed by atoms with Crippen LogP contribution in [0.4, 0.5) is 0 Å². The smallest absolute Gasteiger partial charge is 0.342 e. The van der Waals surface area contributed by atoms with Gasteiger partial charge >= 0.3 is 5.97 Å². The molecule has 0 radical (unpaired) electrons. The third-order valence-corrected chi connectivity index (χ3v) is 3.16. The molecule has 17 heavy (non-hydrogen) atoms. The van der Waals surface area contributed by atoms with Crippen LogP contribution in [0.25, 0.3) is 0 Å². The van der Waals surface area contributed by atoms with E-state index in [-0.39, 0.29) is 5.97 Å². The molecule has 1 aromatic carbocycles. The lowest BCUT2D eigenvalue weighted by atomic mass is 10.1. The normalized spacial score (nSPS) is 14.1. The van der Waals surface area contributed by atoms with Crippen molar-refractivity contribution in [3.05, 3.63) is 27.7 Å². The number of rotatable bonds is 1. The zero-order valence-corrected chi connectivity index (χ0v) is 11.8. The molecule has 0 saturated heterocycles. The zero-order valence-electron chi connectivity index (χ0n) is 10.2. The summed E-state index contributed by atoms with van der Waals surface area (Å²) >= 11 is 3.46. The molecule has 0 bridgehead atoms. The van der Waals surface area contributed by atoms with Gasteiger partial charge in [-0.15, -0.1) is 0 Å². The molecule has 0 saturated carbocycles. The second-order valence-electron chi connectivity index (χ2n) is 5.00. The van der Waals surface area contributed by atoms with E-state index in [2.05, 4.69) is 15.9 Å². The summed E-state index contributed by atoms with van der Waals surface area (Å²) in [4.78, 5) is 12.0. The van der Waals surface area contributed by atoms with Gasteiger partial charge in [0.25, 0.3) is 0 Å². The van der Waals surface area contributed by atoms with E-state index in [0.29, 0.717) is 17.9 Å². The fourth-order valence-corrected chi connectivity index (χ4v) is 2.26. The topological polar surface area (TPSA) is 35.5 Å². The predicted octanol–water partition coefficient (Wildman–Crippen LogP) is 3.34. The largest absolute Gasteiger partial charge is 0.492 e. The number of fused-ring (bicyclic) bond motifs is 1. The molecule has 0 aromatic heterocycles. The van der Waals surface area contributed by atoms with Crippen molar-refractivity contribution in [2.45, 2.75) is 32.8 Å². The Bertz CT molecular complexity index is 460. The molecule has 0 atom stereocenters. The van der Waals surface area contributed by atoms with E-state index in [1.165, 1.54) is 0 Å². The monoisotopic (exact) mass is 298 g/mol. The maximum absolute atomic E-state index is 12.0. The number of benzene rings is 1. The zero-order chi connectivity index (χ0) is 12.6. The van der Waals surface area contributed by atoms with Gasteiger partial charge in [0, 0.05) is 16.5 Å². The van der Waals surface area contributed by atoms with Crippen molar-refractivity contribution < 1.29 is 14.3 Å². The van der Waals surface area contributed by atoms with Gasteiger partial charge in [-0.05, 0) is 32.9 Å². The highest BCUT2D eigenvalue weighted by Crippen LogP contribution is 2.36. The standard InChI is InChI=1S/C13H15BrO3/c1-13(2,3)17-12(15)9-4-5-10(14)8-6-7-16-11(8)9/h4-5H,6-7H2,1-3H3. The van der Waals surface area contributed by atoms with Crippen molar-refractivity contribution >= 4 is 21.9 Å². The number of esters is 1. The minimum atomic E-state index is -0.490. The molecular weight excluding hydrogens is 284 g/mol. The van der Waals surface area contributed by atoms with Gasteiger partial charge in [-0.25, -0.2) is 4.79 Å². The van der Waals surface area contributed by atoms with Gasteiger partial charge in [0.05, 0.1) is 6.61 Å². The molecular formula is C13H15BrO3. The van der Waals surface area contributed by atoms with E-state index in [1.807, 2.05) is 26.8 Å². The maximum atomic E-state index is 12.0. The molecule has 0 fully saturated rings. The highest BCUT2D eigenvalue weighted by Gasteiger charge is 2.26. The van der Waals surface area contributed by atoms with Crippen LogP contribution >= 0.6 is 15.9 Å². The van der Waals surface area contributed by atoms with Crippen LogP contribution < -0.4 is 4.74 Å². The lowest BCUT2D eigenvalue weighted by molar-refractivity contribution is 0.00665. The van der Waals surface area contributed by atoms with Gasteiger partial charge in [0.1, 0.15) is 16.9 Å². The molecule has 2 rings (SSSR count). The first-order valence-corrected chi connectivity index (χ1v) is 6.35. The highest BCUT2D eigenvalue weighted by molar-refractivity contribution is 9.10. The Morgan fingerprint density at radius 3 is 2.76 bits per heavy atom. The lowest BCUT2D eigenvalue weighted by Crippen LogP contribution is -2.24. The first-order chi connectivity index (χ1) is 7.88. The molecule has 1 aliphatic rings. The number of halogens is 1. The van der Waals surface area contributed by atoms with E-state index >= 15 is 0 Å². The quantitative estimate of drug-likeness (QED) is 0.746. The molecule has 0 N–H and O–H groups in total. The number of carbonyl (C=O) groups is 1. The van der Waals surface area contributed by atoms with Crippen molar-refractivity contribution in [1.82, 2.24) is 0 Å². The molecule has 3 nitrogen and oxygen atoms in total. The average molecular weight is 299 g/mol. The Labute approximate surface area is 109 Å². The van der Waals surface area contributed by atoms with Crippen molar-refractivity contribution in [2.75, 3.05) is 6.61 Å². The van der Waals surface area contributed by atoms with Gasteiger partial charge in [0.15, 0.2) is 0 Å². The van der Waals surface area contributed by atoms with Crippen LogP contribution in [0, 0.1) is 0 Å². The fourth-order valence-electron chi connectivity index (χ4n) is 1.75. The number of hydrogen-bond donors (Lipinski definition) is 0. The van der Waals surface area contributed by atoms with E-state index in [9.17, 15) is 4.79 Å². The summed E-state index contributed by atoms with van der Waals surface area (Å²) in [6.07, 6.45) is 0.826. The van der Waals surface area contributed by atoms with Crippen LogP contribution in [0.1, 0.15) is 36.7 Å². The van der Waals surface area contributed by atoms with Crippen molar-refractivity contribution in [3.63, 3.8) is 0 Å².